The Hall–Kier alpha value is -4.19. The van der Waals surface area contributed by atoms with Crippen LogP contribution in [0.5, 0.6) is 0 Å². The van der Waals surface area contributed by atoms with Crippen LogP contribution < -0.4 is 0 Å². The van der Waals surface area contributed by atoms with Gasteiger partial charge in [-0.2, -0.15) is 0 Å². The molecule has 0 aliphatic rings. The molecule has 426 valence electrons. The lowest BCUT2D eigenvalue weighted by Crippen LogP contribution is -2.30. The first kappa shape index (κ1) is 70.8. The van der Waals surface area contributed by atoms with E-state index in [1.54, 1.807) is 0 Å². The first-order valence-electron chi connectivity index (χ1n) is 31.0. The predicted molar refractivity (Wildman–Crippen MR) is 325 cm³/mol. The van der Waals surface area contributed by atoms with Crippen LogP contribution in [0.25, 0.3) is 0 Å². The molecule has 0 aromatic rings. The van der Waals surface area contributed by atoms with E-state index in [1.807, 2.05) is 6.08 Å². The Balaban J connectivity index is 4.41. The summed E-state index contributed by atoms with van der Waals surface area (Å²) in [6.07, 6.45) is 86.4. The van der Waals surface area contributed by atoms with Crippen LogP contribution in [0.4, 0.5) is 0 Å². The molecule has 0 radical (unpaired) electrons. The van der Waals surface area contributed by atoms with Crippen LogP contribution in [0.2, 0.25) is 0 Å². The quantitative estimate of drug-likeness (QED) is 0.0261. The van der Waals surface area contributed by atoms with Gasteiger partial charge in [-0.05, 0) is 122 Å². The van der Waals surface area contributed by atoms with E-state index in [0.717, 1.165) is 103 Å². The molecule has 0 saturated carbocycles. The molecule has 75 heavy (non-hydrogen) atoms. The summed E-state index contributed by atoms with van der Waals surface area (Å²) in [6, 6.07) is 0. The Morgan fingerprint density at radius 3 is 0.920 bits per heavy atom. The summed E-state index contributed by atoms with van der Waals surface area (Å²) < 4.78 is 16.8. The highest BCUT2D eigenvalue weighted by atomic mass is 16.6. The van der Waals surface area contributed by atoms with E-state index >= 15 is 0 Å². The molecule has 0 bridgehead atoms. The smallest absolute Gasteiger partial charge is 0.306 e. The molecule has 6 heteroatoms. The van der Waals surface area contributed by atoms with E-state index in [0.29, 0.717) is 19.3 Å². The van der Waals surface area contributed by atoms with Crippen molar-refractivity contribution in [3.8, 4) is 0 Å². The molecule has 0 N–H and O–H groups in total. The van der Waals surface area contributed by atoms with Crippen molar-refractivity contribution in [1.82, 2.24) is 0 Å². The van der Waals surface area contributed by atoms with Crippen molar-refractivity contribution in [2.24, 2.45) is 0 Å². The van der Waals surface area contributed by atoms with E-state index in [2.05, 4.69) is 136 Å². The SMILES string of the molecule is CC/C=C\C/C=C\C/C=C\C/C=C\CCC(=O)OCC(COC(=O)CCCCCCCCCCCC/C=C\C/C=C\C/C=C\CCCCCCC)OC(=O)CCCCCCCC/C=C\C/C=C\C/C=C\CCCCC. The minimum absolute atomic E-state index is 0.110. The van der Waals surface area contributed by atoms with Crippen LogP contribution in [-0.2, 0) is 28.6 Å². The summed E-state index contributed by atoms with van der Waals surface area (Å²) >= 11 is 0. The molecular weight excluding hydrogens is 925 g/mol. The van der Waals surface area contributed by atoms with Crippen LogP contribution in [0, 0.1) is 0 Å². The molecule has 0 aliphatic heterocycles. The van der Waals surface area contributed by atoms with Gasteiger partial charge >= 0.3 is 17.9 Å². The van der Waals surface area contributed by atoms with E-state index in [-0.39, 0.29) is 37.5 Å². The molecule has 0 aromatic heterocycles. The van der Waals surface area contributed by atoms with Crippen molar-refractivity contribution >= 4 is 17.9 Å². The second-order valence-electron chi connectivity index (χ2n) is 20.2. The standard InChI is InChI=1S/C69H114O6/c1-4-7-10-13-16-19-22-25-27-29-31-32-33-34-35-36-38-39-41-44-47-50-53-56-59-62-68(71)74-65-66(64-73-67(70)61-58-55-52-49-46-43-24-21-18-15-12-9-6-3)75-69(72)63-60-57-54-51-48-45-42-40-37-30-28-26-23-20-17-14-11-8-5-2/h9,12,17-18,20-22,25-26,28-29,31,33-34,37,40,43,46,52,55,66H,4-8,10-11,13-16,19,23-24,27,30,32,35-36,38-39,41-42,44-45,47-51,53-54,56-65H2,1-3H3/b12-9-,20-17-,21-18-,25-22-,28-26-,31-29-,34-33-,40-37-,46-43-,55-52-. The first-order chi connectivity index (χ1) is 37.0. The van der Waals surface area contributed by atoms with Gasteiger partial charge in [-0.25, -0.2) is 0 Å². The van der Waals surface area contributed by atoms with Crippen molar-refractivity contribution in [3.63, 3.8) is 0 Å². The monoisotopic (exact) mass is 1040 g/mol. The lowest BCUT2D eigenvalue weighted by atomic mass is 10.1. The summed E-state index contributed by atoms with van der Waals surface area (Å²) in [5.74, 6) is -1.01. The van der Waals surface area contributed by atoms with Gasteiger partial charge in [0.1, 0.15) is 13.2 Å². The number of unbranched alkanes of at least 4 members (excludes halogenated alkanes) is 24. The highest BCUT2D eigenvalue weighted by Crippen LogP contribution is 2.15. The number of esters is 3. The molecule has 0 amide bonds. The number of rotatable bonds is 55. The fourth-order valence-corrected chi connectivity index (χ4v) is 8.29. The molecule has 1 atom stereocenters. The zero-order valence-corrected chi connectivity index (χ0v) is 48.8. The molecule has 0 heterocycles. The average molecular weight is 1040 g/mol. The lowest BCUT2D eigenvalue weighted by Gasteiger charge is -2.18. The van der Waals surface area contributed by atoms with Gasteiger partial charge in [0.2, 0.25) is 0 Å². The maximum Gasteiger partial charge on any atom is 0.306 e. The Morgan fingerprint density at radius 2 is 0.547 bits per heavy atom. The Bertz CT molecular complexity index is 1570. The van der Waals surface area contributed by atoms with Gasteiger partial charge in [0.15, 0.2) is 6.10 Å². The number of carbonyl (C=O) groups is 3. The minimum atomic E-state index is -0.820. The second-order valence-corrected chi connectivity index (χ2v) is 20.2. The van der Waals surface area contributed by atoms with Gasteiger partial charge in [0.05, 0.1) is 0 Å². The fourth-order valence-electron chi connectivity index (χ4n) is 8.29. The number of hydrogen-bond acceptors (Lipinski definition) is 6. The van der Waals surface area contributed by atoms with Crippen LogP contribution in [0.3, 0.4) is 0 Å². The molecular formula is C69H114O6. The lowest BCUT2D eigenvalue weighted by molar-refractivity contribution is -0.166. The van der Waals surface area contributed by atoms with Crippen LogP contribution in [0.1, 0.15) is 278 Å². The molecule has 1 unspecified atom stereocenters. The summed E-state index contributed by atoms with van der Waals surface area (Å²) in [4.78, 5) is 38.2. The predicted octanol–water partition coefficient (Wildman–Crippen LogP) is 21.2. The van der Waals surface area contributed by atoms with Crippen LogP contribution in [0.15, 0.2) is 122 Å². The summed E-state index contributed by atoms with van der Waals surface area (Å²) in [7, 11) is 0. The fraction of sp³-hybridized carbons (Fsp3) is 0.667. The molecule has 0 aliphatic carbocycles. The van der Waals surface area contributed by atoms with Crippen molar-refractivity contribution in [1.29, 1.82) is 0 Å². The van der Waals surface area contributed by atoms with Crippen molar-refractivity contribution in [2.45, 2.75) is 284 Å². The summed E-state index contributed by atoms with van der Waals surface area (Å²) in [5, 5.41) is 0. The molecule has 6 nitrogen and oxygen atoms in total. The number of hydrogen-bond donors (Lipinski definition) is 0. The Kier molecular flexibility index (Phi) is 58.9. The van der Waals surface area contributed by atoms with Gasteiger partial charge in [-0.1, -0.05) is 258 Å². The number of allylic oxidation sites excluding steroid dienone is 20. The summed E-state index contributed by atoms with van der Waals surface area (Å²) in [5.41, 5.74) is 0. The maximum atomic E-state index is 12.9. The second kappa shape index (κ2) is 62.4. The molecule has 0 rings (SSSR count). The topological polar surface area (TPSA) is 78.9 Å². The maximum absolute atomic E-state index is 12.9. The molecule has 0 aromatic carbocycles. The molecule has 0 spiro atoms. The Labute approximate surface area is 462 Å². The van der Waals surface area contributed by atoms with Crippen molar-refractivity contribution in [3.05, 3.63) is 122 Å². The third kappa shape index (κ3) is 60.6. The molecule has 0 saturated heterocycles. The van der Waals surface area contributed by atoms with Crippen molar-refractivity contribution in [2.75, 3.05) is 13.2 Å². The van der Waals surface area contributed by atoms with E-state index < -0.39 is 6.10 Å². The third-order valence-electron chi connectivity index (χ3n) is 12.9. The van der Waals surface area contributed by atoms with Gasteiger partial charge in [0.25, 0.3) is 0 Å². The minimum Gasteiger partial charge on any atom is -0.462 e. The normalized spacial score (nSPS) is 12.9. The van der Waals surface area contributed by atoms with E-state index in [4.69, 9.17) is 14.2 Å². The van der Waals surface area contributed by atoms with Crippen molar-refractivity contribution < 1.29 is 28.6 Å². The van der Waals surface area contributed by atoms with Crippen LogP contribution in [-0.4, -0.2) is 37.2 Å². The third-order valence-corrected chi connectivity index (χ3v) is 12.9. The first-order valence-corrected chi connectivity index (χ1v) is 31.0. The van der Waals surface area contributed by atoms with Crippen LogP contribution >= 0.6 is 0 Å². The van der Waals surface area contributed by atoms with Gasteiger partial charge in [-0.3, -0.25) is 14.4 Å². The van der Waals surface area contributed by atoms with E-state index in [9.17, 15) is 14.4 Å². The Morgan fingerprint density at radius 1 is 0.280 bits per heavy atom. The summed E-state index contributed by atoms with van der Waals surface area (Å²) in [6.45, 7) is 6.41. The highest BCUT2D eigenvalue weighted by molar-refractivity contribution is 5.71. The zero-order valence-electron chi connectivity index (χ0n) is 48.8. The highest BCUT2D eigenvalue weighted by Gasteiger charge is 2.19. The largest absolute Gasteiger partial charge is 0.462 e. The van der Waals surface area contributed by atoms with E-state index in [1.165, 1.54) is 128 Å². The molecule has 0 fully saturated rings. The number of ether oxygens (including phenoxy) is 3. The van der Waals surface area contributed by atoms with Gasteiger partial charge < -0.3 is 14.2 Å². The number of carbonyl (C=O) groups excluding carboxylic acids is 3. The zero-order chi connectivity index (χ0) is 54.3. The van der Waals surface area contributed by atoms with Gasteiger partial charge in [0, 0.05) is 19.3 Å². The van der Waals surface area contributed by atoms with Gasteiger partial charge in [-0.15, -0.1) is 0 Å². The average Bonchev–Trinajstić information content (AvgIpc) is 3.41.